The van der Waals surface area contributed by atoms with Gasteiger partial charge in [-0.15, -0.1) is 0 Å². The van der Waals surface area contributed by atoms with E-state index in [9.17, 15) is 16.8 Å². The molecule has 2 rings (SSSR count). The lowest BCUT2D eigenvalue weighted by Crippen LogP contribution is -2.34. The standard InChI is InChI=1S/C10H12O4S2/c11-15(12)6-10(7-16(13,14)8-15)9-4-2-1-3-5-9/h1-5,10H,6-8H2. The van der Waals surface area contributed by atoms with Crippen LogP contribution >= 0.6 is 0 Å². The fourth-order valence-corrected chi connectivity index (χ4v) is 6.90. The van der Waals surface area contributed by atoms with Crippen LogP contribution in [0.15, 0.2) is 30.3 Å². The molecule has 1 aliphatic rings. The molecule has 6 heteroatoms. The lowest BCUT2D eigenvalue weighted by Gasteiger charge is -2.22. The van der Waals surface area contributed by atoms with Crippen LogP contribution in [0.1, 0.15) is 11.5 Å². The van der Waals surface area contributed by atoms with Crippen molar-refractivity contribution in [3.05, 3.63) is 35.9 Å². The van der Waals surface area contributed by atoms with Gasteiger partial charge in [0, 0.05) is 5.92 Å². The summed E-state index contributed by atoms with van der Waals surface area (Å²) in [7, 11) is -6.95. The molecule has 1 aromatic carbocycles. The average Bonchev–Trinajstić information content (AvgIpc) is 2.14. The van der Waals surface area contributed by atoms with Gasteiger partial charge in [-0.25, -0.2) is 16.8 Å². The van der Waals surface area contributed by atoms with E-state index in [4.69, 9.17) is 0 Å². The van der Waals surface area contributed by atoms with Crippen LogP contribution in [0.3, 0.4) is 0 Å². The van der Waals surface area contributed by atoms with Crippen molar-refractivity contribution < 1.29 is 16.8 Å². The Hall–Kier alpha value is -0.880. The second-order valence-corrected chi connectivity index (χ2v) is 8.63. The van der Waals surface area contributed by atoms with Crippen LogP contribution in [0.2, 0.25) is 0 Å². The van der Waals surface area contributed by atoms with Crippen molar-refractivity contribution in [1.82, 2.24) is 0 Å². The van der Waals surface area contributed by atoms with Gasteiger partial charge in [-0.1, -0.05) is 30.3 Å². The molecule has 0 aromatic heterocycles. The van der Waals surface area contributed by atoms with Gasteiger partial charge in [-0.2, -0.15) is 0 Å². The van der Waals surface area contributed by atoms with Crippen molar-refractivity contribution in [2.75, 3.05) is 16.6 Å². The van der Waals surface area contributed by atoms with Crippen LogP contribution in [-0.2, 0) is 19.7 Å². The maximum atomic E-state index is 11.5. The zero-order chi connectivity index (χ0) is 11.8. The zero-order valence-corrected chi connectivity index (χ0v) is 10.2. The molecular weight excluding hydrogens is 248 g/mol. The number of benzene rings is 1. The molecule has 0 radical (unpaired) electrons. The lowest BCUT2D eigenvalue weighted by molar-refractivity contribution is 0.573. The first kappa shape index (κ1) is 11.6. The molecule has 0 unspecified atom stereocenters. The van der Waals surface area contributed by atoms with Crippen LogP contribution < -0.4 is 0 Å². The third kappa shape index (κ3) is 2.62. The Balaban J connectivity index is 2.38. The van der Waals surface area contributed by atoms with Gasteiger partial charge in [0.15, 0.2) is 24.8 Å². The van der Waals surface area contributed by atoms with Gasteiger partial charge in [0.05, 0.1) is 11.5 Å². The summed E-state index contributed by atoms with van der Waals surface area (Å²) in [6.07, 6.45) is 0. The molecule has 4 nitrogen and oxygen atoms in total. The van der Waals surface area contributed by atoms with Crippen molar-refractivity contribution >= 4 is 19.7 Å². The molecule has 0 aliphatic carbocycles. The van der Waals surface area contributed by atoms with E-state index in [1.807, 2.05) is 6.07 Å². The second kappa shape index (κ2) is 3.85. The quantitative estimate of drug-likeness (QED) is 0.740. The molecule has 0 bridgehead atoms. The number of rotatable bonds is 1. The van der Waals surface area contributed by atoms with E-state index < -0.39 is 30.7 Å². The highest BCUT2D eigenvalue weighted by atomic mass is 32.3. The largest absolute Gasteiger partial charge is 0.228 e. The highest BCUT2D eigenvalue weighted by Crippen LogP contribution is 2.25. The van der Waals surface area contributed by atoms with Crippen LogP contribution in [0.5, 0.6) is 0 Å². The first-order valence-electron chi connectivity index (χ1n) is 4.84. The zero-order valence-electron chi connectivity index (χ0n) is 8.53. The Morgan fingerprint density at radius 3 is 1.88 bits per heavy atom. The summed E-state index contributed by atoms with van der Waals surface area (Å²) >= 11 is 0. The van der Waals surface area contributed by atoms with E-state index in [2.05, 4.69) is 0 Å². The van der Waals surface area contributed by atoms with Gasteiger partial charge in [0.25, 0.3) is 0 Å². The first-order valence-corrected chi connectivity index (χ1v) is 8.48. The Morgan fingerprint density at radius 2 is 1.38 bits per heavy atom. The maximum Gasteiger partial charge on any atom is 0.165 e. The van der Waals surface area contributed by atoms with Crippen molar-refractivity contribution in [3.63, 3.8) is 0 Å². The van der Waals surface area contributed by atoms with Gasteiger partial charge in [0.1, 0.15) is 0 Å². The molecule has 1 saturated heterocycles. The van der Waals surface area contributed by atoms with Gasteiger partial charge in [-0.05, 0) is 5.56 Å². The summed E-state index contributed by atoms with van der Waals surface area (Å²) < 4.78 is 45.9. The molecule has 0 atom stereocenters. The lowest BCUT2D eigenvalue weighted by atomic mass is 10.0. The fourth-order valence-electron chi connectivity index (χ4n) is 1.95. The monoisotopic (exact) mass is 260 g/mol. The molecule has 0 N–H and O–H groups in total. The first-order chi connectivity index (χ1) is 7.38. The Kier molecular flexibility index (Phi) is 2.79. The maximum absolute atomic E-state index is 11.5. The van der Waals surface area contributed by atoms with Crippen molar-refractivity contribution in [1.29, 1.82) is 0 Å². The van der Waals surface area contributed by atoms with Crippen LogP contribution in [0.25, 0.3) is 0 Å². The number of hydrogen-bond acceptors (Lipinski definition) is 4. The van der Waals surface area contributed by atoms with E-state index in [0.29, 0.717) is 0 Å². The molecule has 0 saturated carbocycles. The van der Waals surface area contributed by atoms with Gasteiger partial charge in [-0.3, -0.25) is 0 Å². The molecule has 0 amide bonds. The van der Waals surface area contributed by atoms with Crippen LogP contribution in [0, 0.1) is 0 Å². The molecule has 88 valence electrons. The Labute approximate surface area is 95.1 Å². The van der Waals surface area contributed by atoms with Crippen molar-refractivity contribution in [2.45, 2.75) is 5.92 Å². The third-order valence-electron chi connectivity index (χ3n) is 2.54. The molecule has 1 heterocycles. The molecule has 1 fully saturated rings. The minimum Gasteiger partial charge on any atom is -0.228 e. The summed E-state index contributed by atoms with van der Waals surface area (Å²) in [5, 5.41) is -0.705. The number of sulfone groups is 2. The van der Waals surface area contributed by atoms with E-state index in [0.717, 1.165) is 5.56 Å². The normalized spacial score (nSPS) is 24.0. The molecule has 1 aliphatic heterocycles. The van der Waals surface area contributed by atoms with Gasteiger partial charge >= 0.3 is 0 Å². The average molecular weight is 260 g/mol. The van der Waals surface area contributed by atoms with E-state index in [1.165, 1.54) is 0 Å². The molecule has 16 heavy (non-hydrogen) atoms. The van der Waals surface area contributed by atoms with E-state index in [1.54, 1.807) is 24.3 Å². The minimum absolute atomic E-state index is 0.0732. The summed E-state index contributed by atoms with van der Waals surface area (Å²) in [5.74, 6) is -0.572. The Bertz CT molecular complexity index is 539. The van der Waals surface area contributed by atoms with Crippen LogP contribution in [-0.4, -0.2) is 33.4 Å². The van der Waals surface area contributed by atoms with Crippen molar-refractivity contribution in [2.24, 2.45) is 0 Å². The van der Waals surface area contributed by atoms with Gasteiger partial charge < -0.3 is 0 Å². The molecule has 0 spiro atoms. The fraction of sp³-hybridized carbons (Fsp3) is 0.400. The predicted molar refractivity (Wildman–Crippen MR) is 61.6 cm³/mol. The van der Waals surface area contributed by atoms with Gasteiger partial charge in [0.2, 0.25) is 0 Å². The topological polar surface area (TPSA) is 68.3 Å². The van der Waals surface area contributed by atoms with E-state index >= 15 is 0 Å². The SMILES string of the molecule is O=S1(=O)CC(c2ccccc2)CS(=O)(=O)C1. The highest BCUT2D eigenvalue weighted by molar-refractivity contribution is 8.08. The predicted octanol–water partition coefficient (Wildman–Crippen LogP) is 0.571. The van der Waals surface area contributed by atoms with Crippen molar-refractivity contribution in [3.8, 4) is 0 Å². The summed E-state index contributed by atoms with van der Waals surface area (Å²) in [6, 6.07) is 8.91. The Morgan fingerprint density at radius 1 is 0.875 bits per heavy atom. The van der Waals surface area contributed by atoms with Crippen LogP contribution in [0.4, 0.5) is 0 Å². The van der Waals surface area contributed by atoms with E-state index in [-0.39, 0.29) is 11.5 Å². The highest BCUT2D eigenvalue weighted by Gasteiger charge is 2.35. The summed E-state index contributed by atoms with van der Waals surface area (Å²) in [6.45, 7) is 0. The molecular formula is C10H12O4S2. The number of hydrogen-bond donors (Lipinski definition) is 0. The smallest absolute Gasteiger partial charge is 0.165 e. The summed E-state index contributed by atoms with van der Waals surface area (Å²) in [4.78, 5) is 0. The molecule has 1 aromatic rings. The third-order valence-corrected chi connectivity index (χ3v) is 7.23. The minimum atomic E-state index is -3.48. The second-order valence-electron chi connectivity index (χ2n) is 4.05. The summed E-state index contributed by atoms with van der Waals surface area (Å²) in [5.41, 5.74) is 0.773.